The average Bonchev–Trinajstić information content (AvgIpc) is 2.89. The Labute approximate surface area is 115 Å². The average molecular weight is 263 g/mol. The Balaban J connectivity index is 1.77. The van der Waals surface area contributed by atoms with Crippen LogP contribution in [0.5, 0.6) is 0 Å². The standard InChI is InChI=1S/C15H25N3O/c19-10-4-7-13-11-17-18-14(8-9-16-15(13)18)12-5-2-1-3-6-12/h11-12,14,16,19H,1-10H2. The topological polar surface area (TPSA) is 50.1 Å². The van der Waals surface area contributed by atoms with Gasteiger partial charge in [0.15, 0.2) is 0 Å². The first-order chi connectivity index (χ1) is 9.40. The summed E-state index contributed by atoms with van der Waals surface area (Å²) in [6.45, 7) is 1.33. The molecule has 1 aromatic heterocycles. The molecule has 1 aromatic rings. The summed E-state index contributed by atoms with van der Waals surface area (Å²) in [5.41, 5.74) is 1.27. The van der Waals surface area contributed by atoms with Gasteiger partial charge in [0.05, 0.1) is 12.2 Å². The van der Waals surface area contributed by atoms with E-state index in [2.05, 4.69) is 15.1 Å². The Morgan fingerprint density at radius 2 is 2.11 bits per heavy atom. The van der Waals surface area contributed by atoms with Gasteiger partial charge < -0.3 is 10.4 Å². The number of aryl methyl sites for hydroxylation is 1. The number of aromatic nitrogens is 2. The summed E-state index contributed by atoms with van der Waals surface area (Å²) in [6, 6.07) is 0.597. The van der Waals surface area contributed by atoms with Crippen molar-refractivity contribution in [3.8, 4) is 0 Å². The molecule has 0 amide bonds. The third kappa shape index (κ3) is 2.64. The van der Waals surface area contributed by atoms with Crippen molar-refractivity contribution in [2.75, 3.05) is 18.5 Å². The van der Waals surface area contributed by atoms with Crippen molar-refractivity contribution in [3.05, 3.63) is 11.8 Å². The molecule has 3 rings (SSSR count). The number of aliphatic hydroxyl groups excluding tert-OH is 1. The highest BCUT2D eigenvalue weighted by Gasteiger charge is 2.30. The third-order valence-electron chi connectivity index (χ3n) is 4.72. The molecule has 1 aliphatic carbocycles. The van der Waals surface area contributed by atoms with E-state index in [1.54, 1.807) is 0 Å². The lowest BCUT2D eigenvalue weighted by molar-refractivity contribution is 0.222. The van der Waals surface area contributed by atoms with Crippen LogP contribution in [-0.4, -0.2) is 28.0 Å². The lowest BCUT2D eigenvalue weighted by Crippen LogP contribution is -2.30. The Bertz CT molecular complexity index is 410. The van der Waals surface area contributed by atoms with Crippen molar-refractivity contribution < 1.29 is 5.11 Å². The Morgan fingerprint density at radius 3 is 2.89 bits per heavy atom. The first-order valence-corrected chi connectivity index (χ1v) is 7.81. The molecule has 0 bridgehead atoms. The molecule has 0 saturated heterocycles. The van der Waals surface area contributed by atoms with Crippen molar-refractivity contribution >= 4 is 5.82 Å². The minimum atomic E-state index is 0.261. The summed E-state index contributed by atoms with van der Waals surface area (Å²) in [6.07, 6.45) is 11.9. The first-order valence-electron chi connectivity index (χ1n) is 7.81. The molecule has 1 fully saturated rings. The number of aliphatic hydroxyl groups is 1. The summed E-state index contributed by atoms with van der Waals surface area (Å²) < 4.78 is 2.24. The minimum absolute atomic E-state index is 0.261. The molecule has 1 saturated carbocycles. The zero-order valence-corrected chi connectivity index (χ0v) is 11.6. The molecule has 2 N–H and O–H groups in total. The van der Waals surface area contributed by atoms with Crippen LogP contribution < -0.4 is 5.32 Å². The molecule has 1 atom stereocenters. The fraction of sp³-hybridized carbons (Fsp3) is 0.800. The minimum Gasteiger partial charge on any atom is -0.396 e. The molecule has 2 aliphatic rings. The van der Waals surface area contributed by atoms with Gasteiger partial charge in [0.1, 0.15) is 5.82 Å². The van der Waals surface area contributed by atoms with Gasteiger partial charge >= 0.3 is 0 Å². The van der Waals surface area contributed by atoms with Crippen molar-refractivity contribution in [1.82, 2.24) is 9.78 Å². The van der Waals surface area contributed by atoms with Crippen LogP contribution in [0.15, 0.2) is 6.20 Å². The summed E-state index contributed by atoms with van der Waals surface area (Å²) >= 11 is 0. The highest BCUT2D eigenvalue weighted by atomic mass is 16.2. The molecule has 0 spiro atoms. The molecule has 2 heterocycles. The van der Waals surface area contributed by atoms with Gasteiger partial charge in [-0.25, -0.2) is 4.68 Å². The van der Waals surface area contributed by atoms with E-state index in [0.717, 1.165) is 25.3 Å². The number of rotatable bonds is 4. The normalized spacial score (nSPS) is 23.9. The van der Waals surface area contributed by atoms with E-state index < -0.39 is 0 Å². The maximum atomic E-state index is 8.98. The summed E-state index contributed by atoms with van der Waals surface area (Å²) in [5.74, 6) is 2.04. The van der Waals surface area contributed by atoms with Gasteiger partial charge in [-0.05, 0) is 38.0 Å². The molecule has 0 radical (unpaired) electrons. The lowest BCUT2D eigenvalue weighted by atomic mass is 9.82. The number of nitrogens with one attached hydrogen (secondary N) is 1. The van der Waals surface area contributed by atoms with Crippen LogP contribution in [0.3, 0.4) is 0 Å². The summed E-state index contributed by atoms with van der Waals surface area (Å²) in [4.78, 5) is 0. The fourth-order valence-corrected chi connectivity index (χ4v) is 3.71. The van der Waals surface area contributed by atoms with Crippen molar-refractivity contribution in [2.45, 2.75) is 57.4 Å². The molecule has 1 aliphatic heterocycles. The van der Waals surface area contributed by atoms with E-state index in [4.69, 9.17) is 5.11 Å². The van der Waals surface area contributed by atoms with Crippen molar-refractivity contribution in [1.29, 1.82) is 0 Å². The molecular weight excluding hydrogens is 238 g/mol. The largest absolute Gasteiger partial charge is 0.396 e. The van der Waals surface area contributed by atoms with E-state index in [9.17, 15) is 0 Å². The van der Waals surface area contributed by atoms with Crippen molar-refractivity contribution in [2.24, 2.45) is 5.92 Å². The molecule has 19 heavy (non-hydrogen) atoms. The molecular formula is C15H25N3O. The SMILES string of the molecule is OCCCc1cnn2c1NCCC2C1CCCCC1. The fourth-order valence-electron chi connectivity index (χ4n) is 3.71. The van der Waals surface area contributed by atoms with Crippen LogP contribution in [0.1, 0.15) is 56.6 Å². The molecule has 0 aromatic carbocycles. The van der Waals surface area contributed by atoms with Crippen LogP contribution in [0.2, 0.25) is 0 Å². The Kier molecular flexibility index (Phi) is 4.06. The van der Waals surface area contributed by atoms with E-state index >= 15 is 0 Å². The monoisotopic (exact) mass is 263 g/mol. The predicted octanol–water partition coefficient (Wildman–Crippen LogP) is 2.75. The van der Waals surface area contributed by atoms with Crippen LogP contribution >= 0.6 is 0 Å². The number of nitrogens with zero attached hydrogens (tertiary/aromatic N) is 2. The number of fused-ring (bicyclic) bond motifs is 1. The predicted molar refractivity (Wildman–Crippen MR) is 76.4 cm³/mol. The van der Waals surface area contributed by atoms with Gasteiger partial charge in [0.25, 0.3) is 0 Å². The molecule has 1 unspecified atom stereocenters. The van der Waals surface area contributed by atoms with Crippen LogP contribution in [-0.2, 0) is 6.42 Å². The second-order valence-corrected chi connectivity index (χ2v) is 5.97. The number of anilines is 1. The van der Waals surface area contributed by atoms with Gasteiger partial charge in [-0.15, -0.1) is 0 Å². The van der Waals surface area contributed by atoms with E-state index in [1.807, 2.05) is 6.20 Å². The van der Waals surface area contributed by atoms with Gasteiger partial charge in [-0.2, -0.15) is 5.10 Å². The number of hydrogen-bond acceptors (Lipinski definition) is 3. The maximum Gasteiger partial charge on any atom is 0.127 e. The number of hydrogen-bond donors (Lipinski definition) is 2. The highest BCUT2D eigenvalue weighted by Crippen LogP contribution is 2.38. The second-order valence-electron chi connectivity index (χ2n) is 5.97. The summed E-state index contributed by atoms with van der Waals surface area (Å²) in [5, 5.41) is 17.1. The van der Waals surface area contributed by atoms with Crippen LogP contribution in [0, 0.1) is 5.92 Å². The Morgan fingerprint density at radius 1 is 1.26 bits per heavy atom. The maximum absolute atomic E-state index is 8.98. The zero-order valence-electron chi connectivity index (χ0n) is 11.6. The zero-order chi connectivity index (χ0) is 13.1. The van der Waals surface area contributed by atoms with E-state index in [1.165, 1.54) is 49.9 Å². The van der Waals surface area contributed by atoms with Gasteiger partial charge in [0, 0.05) is 18.7 Å². The molecule has 4 heteroatoms. The third-order valence-corrected chi connectivity index (χ3v) is 4.72. The Hall–Kier alpha value is -1.03. The first kappa shape index (κ1) is 13.0. The smallest absolute Gasteiger partial charge is 0.127 e. The molecule has 106 valence electrons. The van der Waals surface area contributed by atoms with E-state index in [0.29, 0.717) is 6.04 Å². The van der Waals surface area contributed by atoms with Crippen LogP contribution in [0.4, 0.5) is 5.82 Å². The van der Waals surface area contributed by atoms with E-state index in [-0.39, 0.29) is 6.61 Å². The van der Waals surface area contributed by atoms with Crippen LogP contribution in [0.25, 0.3) is 0 Å². The second kappa shape index (κ2) is 5.95. The lowest BCUT2D eigenvalue weighted by Gasteiger charge is -2.34. The van der Waals surface area contributed by atoms with Gasteiger partial charge in [-0.1, -0.05) is 19.3 Å². The van der Waals surface area contributed by atoms with Gasteiger partial charge in [-0.3, -0.25) is 0 Å². The van der Waals surface area contributed by atoms with Gasteiger partial charge in [0.2, 0.25) is 0 Å². The highest BCUT2D eigenvalue weighted by molar-refractivity contribution is 5.45. The molecule has 4 nitrogen and oxygen atoms in total. The summed E-state index contributed by atoms with van der Waals surface area (Å²) in [7, 11) is 0. The quantitative estimate of drug-likeness (QED) is 0.878. The van der Waals surface area contributed by atoms with Crippen molar-refractivity contribution in [3.63, 3.8) is 0 Å².